The molecule has 29 heavy (non-hydrogen) atoms. The van der Waals surface area contributed by atoms with Gasteiger partial charge in [-0.25, -0.2) is 0 Å². The highest BCUT2D eigenvalue weighted by Gasteiger charge is 2.30. The number of nitrogens with two attached hydrogens (primary N) is 1. The first-order valence-corrected chi connectivity index (χ1v) is 9.21. The molecule has 2 aromatic carbocycles. The van der Waals surface area contributed by atoms with Gasteiger partial charge in [0.05, 0.1) is 5.56 Å². The van der Waals surface area contributed by atoms with Gasteiger partial charge < -0.3 is 16.4 Å². The number of hydrogen-bond acceptors (Lipinski definition) is 2. The van der Waals surface area contributed by atoms with E-state index in [9.17, 15) is 18.0 Å². The zero-order valence-electron chi connectivity index (χ0n) is 16.4. The Morgan fingerprint density at radius 1 is 1.14 bits per heavy atom. The highest BCUT2D eigenvalue weighted by molar-refractivity contribution is 5.92. The van der Waals surface area contributed by atoms with Crippen molar-refractivity contribution >= 4 is 11.9 Å². The van der Waals surface area contributed by atoms with E-state index in [2.05, 4.69) is 15.6 Å². The van der Waals surface area contributed by atoms with E-state index in [1.807, 2.05) is 6.92 Å². The van der Waals surface area contributed by atoms with E-state index in [0.29, 0.717) is 36.6 Å². The lowest BCUT2D eigenvalue weighted by atomic mass is 9.96. The maximum Gasteiger partial charge on any atom is 0.416 e. The van der Waals surface area contributed by atoms with E-state index >= 15 is 0 Å². The molecule has 0 saturated carbocycles. The lowest BCUT2D eigenvalue weighted by Crippen LogP contribution is -2.37. The van der Waals surface area contributed by atoms with Gasteiger partial charge >= 0.3 is 6.18 Å². The Morgan fingerprint density at radius 2 is 1.83 bits per heavy atom. The van der Waals surface area contributed by atoms with Gasteiger partial charge in [0.25, 0.3) is 0 Å². The van der Waals surface area contributed by atoms with Crippen LogP contribution in [0.2, 0.25) is 0 Å². The SMILES string of the molecule is CN=C(NCCC(C)c1cccc(C(F)(F)F)c1)NCc1ccc(C(N)=O)cc1. The Hall–Kier alpha value is -3.03. The summed E-state index contributed by atoms with van der Waals surface area (Å²) < 4.78 is 38.6. The zero-order valence-corrected chi connectivity index (χ0v) is 16.4. The Morgan fingerprint density at radius 3 is 2.41 bits per heavy atom. The Kier molecular flexibility index (Phi) is 7.64. The maximum absolute atomic E-state index is 12.9. The monoisotopic (exact) mass is 406 g/mol. The van der Waals surface area contributed by atoms with Crippen LogP contribution in [0.5, 0.6) is 0 Å². The fourth-order valence-electron chi connectivity index (χ4n) is 2.79. The van der Waals surface area contributed by atoms with Crippen LogP contribution in [-0.2, 0) is 12.7 Å². The number of primary amides is 1. The number of benzene rings is 2. The molecule has 2 aromatic rings. The molecule has 2 rings (SSSR count). The molecule has 156 valence electrons. The summed E-state index contributed by atoms with van der Waals surface area (Å²) in [5, 5.41) is 6.31. The molecule has 0 aliphatic rings. The molecular formula is C21H25F3N4O. The molecule has 0 aromatic heterocycles. The smallest absolute Gasteiger partial charge is 0.366 e. The number of alkyl halides is 3. The summed E-state index contributed by atoms with van der Waals surface area (Å²) in [7, 11) is 1.64. The molecule has 8 heteroatoms. The minimum absolute atomic E-state index is 0.0377. The molecular weight excluding hydrogens is 381 g/mol. The number of nitrogens with zero attached hydrogens (tertiary/aromatic N) is 1. The number of carbonyl (C=O) groups is 1. The van der Waals surface area contributed by atoms with E-state index in [1.54, 1.807) is 37.4 Å². The van der Waals surface area contributed by atoms with Crippen molar-refractivity contribution in [2.75, 3.05) is 13.6 Å². The molecule has 0 spiro atoms. The number of guanidine groups is 1. The predicted octanol–water partition coefficient (Wildman–Crippen LogP) is 3.66. The molecule has 1 unspecified atom stereocenters. The van der Waals surface area contributed by atoms with Crippen LogP contribution in [0, 0.1) is 0 Å². The van der Waals surface area contributed by atoms with Gasteiger partial charge in [-0.15, -0.1) is 0 Å². The van der Waals surface area contributed by atoms with Crippen molar-refractivity contribution in [3.8, 4) is 0 Å². The molecule has 1 atom stereocenters. The number of aliphatic imine (C=N–C) groups is 1. The summed E-state index contributed by atoms with van der Waals surface area (Å²) in [6.07, 6.45) is -3.69. The molecule has 5 nitrogen and oxygen atoms in total. The second kappa shape index (κ2) is 9.95. The lowest BCUT2D eigenvalue weighted by molar-refractivity contribution is -0.137. The number of amides is 1. The first-order valence-electron chi connectivity index (χ1n) is 9.21. The van der Waals surface area contributed by atoms with E-state index in [1.165, 1.54) is 12.1 Å². The van der Waals surface area contributed by atoms with Crippen LogP contribution in [0.3, 0.4) is 0 Å². The van der Waals surface area contributed by atoms with Crippen LogP contribution in [0.4, 0.5) is 13.2 Å². The number of rotatable bonds is 7. The maximum atomic E-state index is 12.9. The van der Waals surface area contributed by atoms with Gasteiger partial charge in [0.1, 0.15) is 0 Å². The summed E-state index contributed by atoms with van der Waals surface area (Å²) in [6.45, 7) is 2.95. The van der Waals surface area contributed by atoms with Crippen LogP contribution in [0.25, 0.3) is 0 Å². The van der Waals surface area contributed by atoms with Crippen molar-refractivity contribution in [1.82, 2.24) is 10.6 Å². The molecule has 0 bridgehead atoms. The van der Waals surface area contributed by atoms with Gasteiger partial charge in [-0.3, -0.25) is 9.79 Å². The lowest BCUT2D eigenvalue weighted by Gasteiger charge is -2.16. The van der Waals surface area contributed by atoms with E-state index < -0.39 is 17.6 Å². The molecule has 0 heterocycles. The number of nitrogens with one attached hydrogen (secondary N) is 2. The van der Waals surface area contributed by atoms with Gasteiger partial charge in [-0.1, -0.05) is 37.3 Å². The van der Waals surface area contributed by atoms with Crippen molar-refractivity contribution in [3.63, 3.8) is 0 Å². The van der Waals surface area contributed by atoms with E-state index in [4.69, 9.17) is 5.73 Å². The molecule has 0 aliphatic heterocycles. The van der Waals surface area contributed by atoms with Crippen molar-refractivity contribution in [3.05, 3.63) is 70.8 Å². The van der Waals surface area contributed by atoms with Gasteiger partial charge in [-0.2, -0.15) is 13.2 Å². The zero-order chi connectivity index (χ0) is 21.4. The van der Waals surface area contributed by atoms with Crippen molar-refractivity contribution in [2.45, 2.75) is 32.0 Å². The summed E-state index contributed by atoms with van der Waals surface area (Å²) in [5.41, 5.74) is 6.64. The molecule has 1 amide bonds. The van der Waals surface area contributed by atoms with E-state index in [-0.39, 0.29) is 5.92 Å². The van der Waals surface area contributed by atoms with E-state index in [0.717, 1.165) is 11.6 Å². The van der Waals surface area contributed by atoms with Gasteiger partial charge in [0.15, 0.2) is 5.96 Å². The minimum atomic E-state index is -4.34. The first-order chi connectivity index (χ1) is 13.7. The second-order valence-electron chi connectivity index (χ2n) is 6.73. The minimum Gasteiger partial charge on any atom is -0.366 e. The highest BCUT2D eigenvalue weighted by atomic mass is 19.4. The van der Waals surface area contributed by atoms with Gasteiger partial charge in [-0.05, 0) is 41.7 Å². The molecule has 0 radical (unpaired) electrons. The average molecular weight is 406 g/mol. The van der Waals surface area contributed by atoms with Crippen molar-refractivity contribution < 1.29 is 18.0 Å². The van der Waals surface area contributed by atoms with Crippen LogP contribution in [-0.4, -0.2) is 25.5 Å². The van der Waals surface area contributed by atoms with Crippen LogP contribution < -0.4 is 16.4 Å². The average Bonchev–Trinajstić information content (AvgIpc) is 2.70. The number of halogens is 3. The third-order valence-corrected chi connectivity index (χ3v) is 4.57. The number of carbonyl (C=O) groups excluding carboxylic acids is 1. The Labute approximate surface area is 168 Å². The van der Waals surface area contributed by atoms with Crippen LogP contribution in [0.1, 0.15) is 46.3 Å². The fraction of sp³-hybridized carbons (Fsp3) is 0.333. The van der Waals surface area contributed by atoms with Crippen molar-refractivity contribution in [2.24, 2.45) is 10.7 Å². The molecule has 0 fully saturated rings. The molecule has 0 aliphatic carbocycles. The summed E-state index contributed by atoms with van der Waals surface area (Å²) >= 11 is 0. The second-order valence-corrected chi connectivity index (χ2v) is 6.73. The summed E-state index contributed by atoms with van der Waals surface area (Å²) in [4.78, 5) is 15.2. The standard InChI is InChI=1S/C21H25F3N4O/c1-14(17-4-3-5-18(12-17)21(22,23)24)10-11-27-20(26-2)28-13-15-6-8-16(9-7-15)19(25)29/h3-9,12,14H,10-11,13H2,1-2H3,(H2,25,29)(H2,26,27,28). The Balaban J connectivity index is 1.83. The largest absolute Gasteiger partial charge is 0.416 e. The quantitative estimate of drug-likeness (QED) is 0.485. The summed E-state index contributed by atoms with van der Waals surface area (Å²) in [5.74, 6) is 0.0707. The van der Waals surface area contributed by atoms with Crippen molar-refractivity contribution in [1.29, 1.82) is 0 Å². The first kappa shape index (κ1) is 22.3. The van der Waals surface area contributed by atoms with Gasteiger partial charge in [0.2, 0.25) is 5.91 Å². The van der Waals surface area contributed by atoms with Gasteiger partial charge in [0, 0.05) is 25.7 Å². The number of hydrogen-bond donors (Lipinski definition) is 3. The topological polar surface area (TPSA) is 79.5 Å². The molecule has 4 N–H and O–H groups in total. The third kappa shape index (κ3) is 6.81. The normalized spacial score (nSPS) is 13.1. The fourth-order valence-corrected chi connectivity index (χ4v) is 2.79. The highest BCUT2D eigenvalue weighted by Crippen LogP contribution is 2.31. The molecule has 0 saturated heterocycles. The van der Waals surface area contributed by atoms with Crippen LogP contribution >= 0.6 is 0 Å². The Bertz CT molecular complexity index is 848. The summed E-state index contributed by atoms with van der Waals surface area (Å²) in [6, 6.07) is 12.4. The predicted molar refractivity (Wildman–Crippen MR) is 108 cm³/mol. The third-order valence-electron chi connectivity index (χ3n) is 4.57. The van der Waals surface area contributed by atoms with Crippen LogP contribution in [0.15, 0.2) is 53.5 Å².